The second-order valence-corrected chi connectivity index (χ2v) is 12.5. The number of hydrogen-bond acceptors (Lipinski definition) is 10. The molecule has 0 aromatic rings. The summed E-state index contributed by atoms with van der Waals surface area (Å²) in [6.45, 7) is 16.8. The lowest BCUT2D eigenvalue weighted by Gasteiger charge is -2.41. The molecule has 1 spiro atoms. The van der Waals surface area contributed by atoms with E-state index in [-0.39, 0.29) is 6.42 Å². The number of piperidine rings is 1. The van der Waals surface area contributed by atoms with Crippen LogP contribution in [0.2, 0.25) is 0 Å². The van der Waals surface area contributed by atoms with Crippen molar-refractivity contribution in [2.45, 2.75) is 74.2 Å². The Hall–Kier alpha value is -3.36. The summed E-state index contributed by atoms with van der Waals surface area (Å²) in [5.41, 5.74) is 4.23. The van der Waals surface area contributed by atoms with Gasteiger partial charge in [-0.3, -0.25) is 0 Å². The summed E-state index contributed by atoms with van der Waals surface area (Å²) in [5, 5.41) is 70.6. The third-order valence-electron chi connectivity index (χ3n) is 9.56. The molecule has 7 N–H and O–H groups in total. The number of rotatable bonds is 8. The van der Waals surface area contributed by atoms with Gasteiger partial charge in [0.1, 0.15) is 42.7 Å². The average molecular weight is 662 g/mol. The van der Waals surface area contributed by atoms with Crippen LogP contribution in [-0.2, 0) is 9.47 Å². The number of aliphatic hydroxyl groups is 7. The Balaban J connectivity index is 1.77. The van der Waals surface area contributed by atoms with E-state index in [1.54, 1.807) is 24.3 Å². The standard InChI is InChI=1S/C38H47NO9/c1-6-23(10-12-31-29(42)20-30(43)33(21-40)47-31)18-27-25(8-3)26(9-4)28(38(27)14-16-39(5)17-15-38)19-24(7-2)11-13-32-35(44)37(46)36(45)34(22-41)48-32/h6-9,18-19,29-37,40-46H,1-4,14-17,20-22H2,5H3/b23-18+,24-19+/t29-,30-,31+,32+,33+,34+,35+,36+,37+/m0/s1. The lowest BCUT2D eigenvalue weighted by molar-refractivity contribution is -0.214. The van der Waals surface area contributed by atoms with Crippen LogP contribution in [0.3, 0.4) is 0 Å². The number of aliphatic hydroxyl groups excluding tert-OH is 7. The Morgan fingerprint density at radius 1 is 0.750 bits per heavy atom. The molecule has 3 saturated heterocycles. The zero-order valence-corrected chi connectivity index (χ0v) is 27.3. The molecular weight excluding hydrogens is 614 g/mol. The molecule has 10 nitrogen and oxygen atoms in total. The van der Waals surface area contributed by atoms with Crippen molar-refractivity contribution in [3.8, 4) is 23.7 Å². The zero-order chi connectivity index (χ0) is 35.2. The van der Waals surface area contributed by atoms with Gasteiger partial charge in [0.15, 0.2) is 0 Å². The monoisotopic (exact) mass is 661 g/mol. The van der Waals surface area contributed by atoms with Crippen LogP contribution in [0.25, 0.3) is 0 Å². The van der Waals surface area contributed by atoms with Crippen molar-refractivity contribution in [2.75, 3.05) is 33.4 Å². The maximum absolute atomic E-state index is 10.5. The highest BCUT2D eigenvalue weighted by molar-refractivity contribution is 5.69. The Morgan fingerprint density at radius 3 is 1.73 bits per heavy atom. The molecule has 4 aliphatic rings. The van der Waals surface area contributed by atoms with Gasteiger partial charge in [0.05, 0.1) is 25.4 Å². The first kappa shape index (κ1) is 37.5. The van der Waals surface area contributed by atoms with Gasteiger partial charge in [-0.25, -0.2) is 0 Å². The van der Waals surface area contributed by atoms with Crippen LogP contribution in [0.15, 0.2) is 96.2 Å². The minimum Gasteiger partial charge on any atom is -0.394 e. The van der Waals surface area contributed by atoms with Gasteiger partial charge in [-0.05, 0) is 67.4 Å². The van der Waals surface area contributed by atoms with Gasteiger partial charge in [0.2, 0.25) is 0 Å². The van der Waals surface area contributed by atoms with Gasteiger partial charge in [0.25, 0.3) is 0 Å². The molecule has 1 aliphatic carbocycles. The molecule has 3 fully saturated rings. The molecule has 48 heavy (non-hydrogen) atoms. The topological polar surface area (TPSA) is 163 Å². The van der Waals surface area contributed by atoms with E-state index in [1.807, 2.05) is 12.2 Å². The smallest absolute Gasteiger partial charge is 0.147 e. The van der Waals surface area contributed by atoms with Crippen LogP contribution in [0, 0.1) is 29.1 Å². The fourth-order valence-electron chi connectivity index (χ4n) is 6.68. The highest BCUT2D eigenvalue weighted by Gasteiger charge is 2.46. The molecule has 0 saturated carbocycles. The van der Waals surface area contributed by atoms with E-state index in [2.05, 4.69) is 61.9 Å². The van der Waals surface area contributed by atoms with Crippen LogP contribution in [0.1, 0.15) is 19.3 Å². The first-order chi connectivity index (χ1) is 23.0. The van der Waals surface area contributed by atoms with E-state index in [4.69, 9.17) is 9.47 Å². The quantitative estimate of drug-likeness (QED) is 0.145. The molecule has 0 amide bonds. The van der Waals surface area contributed by atoms with E-state index in [0.717, 1.165) is 48.2 Å². The van der Waals surface area contributed by atoms with Crippen molar-refractivity contribution in [3.63, 3.8) is 0 Å². The van der Waals surface area contributed by atoms with Crippen LogP contribution in [-0.4, -0.2) is 129 Å². The molecule has 0 radical (unpaired) electrons. The van der Waals surface area contributed by atoms with Crippen molar-refractivity contribution in [3.05, 3.63) is 96.2 Å². The van der Waals surface area contributed by atoms with Crippen molar-refractivity contribution in [1.82, 2.24) is 4.90 Å². The summed E-state index contributed by atoms with van der Waals surface area (Å²) >= 11 is 0. The van der Waals surface area contributed by atoms with Gasteiger partial charge in [-0.1, -0.05) is 74.3 Å². The number of allylic oxidation sites excluding steroid dienone is 12. The molecule has 0 bridgehead atoms. The second kappa shape index (κ2) is 16.4. The molecule has 9 atom stereocenters. The lowest BCUT2D eigenvalue weighted by atomic mass is 9.68. The summed E-state index contributed by atoms with van der Waals surface area (Å²) in [6.07, 6.45) is 1.72. The van der Waals surface area contributed by atoms with E-state index in [9.17, 15) is 35.7 Å². The molecule has 0 aromatic carbocycles. The van der Waals surface area contributed by atoms with Crippen LogP contribution >= 0.6 is 0 Å². The van der Waals surface area contributed by atoms with Gasteiger partial charge in [-0.2, -0.15) is 0 Å². The fraction of sp³-hybridized carbons (Fsp3) is 0.474. The first-order valence-electron chi connectivity index (χ1n) is 16.1. The third kappa shape index (κ3) is 7.60. The van der Waals surface area contributed by atoms with Crippen molar-refractivity contribution < 1.29 is 45.2 Å². The molecule has 0 aromatic heterocycles. The first-order valence-corrected chi connectivity index (χ1v) is 16.1. The third-order valence-corrected chi connectivity index (χ3v) is 9.56. The summed E-state index contributed by atoms with van der Waals surface area (Å²) in [6, 6.07) is 0. The van der Waals surface area contributed by atoms with Gasteiger partial charge in [-0.15, -0.1) is 0 Å². The number of ether oxygens (including phenoxy) is 2. The minimum atomic E-state index is -1.54. The number of nitrogens with zero attached hydrogens (tertiary/aromatic N) is 1. The maximum atomic E-state index is 10.5. The molecule has 10 heteroatoms. The van der Waals surface area contributed by atoms with Gasteiger partial charge >= 0.3 is 0 Å². The Morgan fingerprint density at radius 2 is 1.25 bits per heavy atom. The van der Waals surface area contributed by atoms with Crippen LogP contribution < -0.4 is 0 Å². The average Bonchev–Trinajstić information content (AvgIpc) is 3.32. The summed E-state index contributed by atoms with van der Waals surface area (Å²) in [5.74, 6) is 11.9. The Labute approximate surface area is 282 Å². The highest BCUT2D eigenvalue weighted by atomic mass is 16.5. The minimum absolute atomic E-state index is 0.0350. The predicted molar refractivity (Wildman–Crippen MR) is 182 cm³/mol. The van der Waals surface area contributed by atoms with Crippen molar-refractivity contribution in [1.29, 1.82) is 0 Å². The summed E-state index contributed by atoms with van der Waals surface area (Å²) < 4.78 is 11.2. The molecule has 3 heterocycles. The molecule has 0 unspecified atom stereocenters. The highest BCUT2D eigenvalue weighted by Crippen LogP contribution is 2.55. The van der Waals surface area contributed by atoms with E-state index in [0.29, 0.717) is 11.1 Å². The van der Waals surface area contributed by atoms with E-state index in [1.165, 1.54) is 0 Å². The largest absolute Gasteiger partial charge is 0.394 e. The van der Waals surface area contributed by atoms with Gasteiger partial charge < -0.3 is 50.1 Å². The summed E-state index contributed by atoms with van der Waals surface area (Å²) in [4.78, 5) is 2.25. The van der Waals surface area contributed by atoms with Crippen molar-refractivity contribution >= 4 is 0 Å². The summed E-state index contributed by atoms with van der Waals surface area (Å²) in [7, 11) is 2.07. The predicted octanol–water partition coefficient (Wildman–Crippen LogP) is 0.623. The zero-order valence-electron chi connectivity index (χ0n) is 27.3. The van der Waals surface area contributed by atoms with Crippen LogP contribution in [0.5, 0.6) is 0 Å². The second-order valence-electron chi connectivity index (χ2n) is 12.5. The SMILES string of the molecule is C=CC1=C(/C=C(/C#C[C@H]2O[C@H](CO)[C@@H](O)[C@H](O)[C@@H]2O)C=C)C2(CCN(C)CC2)C(/C=C(/C#C[C@H]2O[C@H](CO)[C@@H](O)C[C@@H]2O)C=C)=C1C=C. The lowest BCUT2D eigenvalue weighted by Crippen LogP contribution is -2.58. The van der Waals surface area contributed by atoms with E-state index >= 15 is 0 Å². The van der Waals surface area contributed by atoms with Crippen LogP contribution in [0.4, 0.5) is 0 Å². The van der Waals surface area contributed by atoms with Gasteiger partial charge in [0, 0.05) is 23.0 Å². The fourth-order valence-corrected chi connectivity index (χ4v) is 6.68. The Kier molecular flexibility index (Phi) is 12.8. The molecule has 258 valence electrons. The number of likely N-dealkylation sites (tertiary alicyclic amines) is 1. The van der Waals surface area contributed by atoms with Crippen molar-refractivity contribution in [2.24, 2.45) is 5.41 Å². The molecular formula is C38H47NO9. The normalized spacial score (nSPS) is 34.2. The molecule has 4 rings (SSSR count). The maximum Gasteiger partial charge on any atom is 0.147 e. The van der Waals surface area contributed by atoms with E-state index < -0.39 is 73.6 Å². The molecule has 3 aliphatic heterocycles. The number of hydrogen-bond donors (Lipinski definition) is 7. The Bertz CT molecular complexity index is 1500.